The summed E-state index contributed by atoms with van der Waals surface area (Å²) < 4.78 is 45.6. The van der Waals surface area contributed by atoms with Crippen LogP contribution in [0.25, 0.3) is 0 Å². The number of hydrogen-bond acceptors (Lipinski definition) is 4. The summed E-state index contributed by atoms with van der Waals surface area (Å²) in [5.74, 6) is -0.647. The van der Waals surface area contributed by atoms with E-state index >= 15 is 0 Å². The van der Waals surface area contributed by atoms with Gasteiger partial charge >= 0.3 is 6.18 Å². The number of halogens is 3. The molecule has 5 nitrogen and oxygen atoms in total. The van der Waals surface area contributed by atoms with E-state index in [1.165, 1.54) is 0 Å². The highest BCUT2D eigenvalue weighted by Gasteiger charge is 2.63. The Kier molecular flexibility index (Phi) is 6.86. The maximum atomic E-state index is 13.4. The molecule has 1 aliphatic rings. The van der Waals surface area contributed by atoms with E-state index in [2.05, 4.69) is 5.10 Å². The lowest BCUT2D eigenvalue weighted by Crippen LogP contribution is -2.57. The van der Waals surface area contributed by atoms with Gasteiger partial charge in [-0.1, -0.05) is 44.4 Å². The predicted molar refractivity (Wildman–Crippen MR) is 95.3 cm³/mol. The average molecular weight is 386 g/mol. The maximum absolute atomic E-state index is 13.4. The number of amides is 1. The molecule has 0 fully saturated rings. The van der Waals surface area contributed by atoms with E-state index in [0.29, 0.717) is 18.6 Å². The van der Waals surface area contributed by atoms with Crippen LogP contribution in [0.4, 0.5) is 13.2 Å². The normalized spacial score (nSPS) is 19.9. The number of para-hydroxylation sites is 1. The molecule has 0 aliphatic carbocycles. The molecule has 1 aromatic carbocycles. The number of aryl methyl sites for hydroxylation is 1. The zero-order valence-electron chi connectivity index (χ0n) is 15.6. The molecule has 1 amide bonds. The molecule has 1 aliphatic heterocycles. The van der Waals surface area contributed by atoms with Gasteiger partial charge in [-0.2, -0.15) is 23.3 Å². The van der Waals surface area contributed by atoms with Crippen molar-refractivity contribution >= 4 is 11.6 Å². The monoisotopic (exact) mass is 386 g/mol. The average Bonchev–Trinajstić information content (AvgIpc) is 2.96. The van der Waals surface area contributed by atoms with E-state index in [9.17, 15) is 23.1 Å². The van der Waals surface area contributed by atoms with Crippen molar-refractivity contribution in [1.29, 1.82) is 0 Å². The zero-order valence-corrected chi connectivity index (χ0v) is 15.6. The summed E-state index contributed by atoms with van der Waals surface area (Å²) in [6.07, 6.45) is -1.91. The lowest BCUT2D eigenvalue weighted by Gasteiger charge is -2.32. The molecule has 1 N–H and O–H groups in total. The summed E-state index contributed by atoms with van der Waals surface area (Å²) in [6, 6.07) is 6.85. The van der Waals surface area contributed by atoms with Crippen molar-refractivity contribution in [2.24, 2.45) is 5.10 Å². The third-order valence-electron chi connectivity index (χ3n) is 4.50. The molecule has 0 unspecified atom stereocenters. The Morgan fingerprint density at radius 3 is 2.63 bits per heavy atom. The second-order valence-corrected chi connectivity index (χ2v) is 6.73. The van der Waals surface area contributed by atoms with Crippen LogP contribution in [-0.4, -0.2) is 40.2 Å². The predicted octanol–water partition coefficient (Wildman–Crippen LogP) is 4.18. The van der Waals surface area contributed by atoms with Crippen molar-refractivity contribution in [3.8, 4) is 5.75 Å². The summed E-state index contributed by atoms with van der Waals surface area (Å²) in [4.78, 5) is 12.3. The lowest BCUT2D eigenvalue weighted by molar-refractivity contribution is -0.302. The van der Waals surface area contributed by atoms with Crippen molar-refractivity contribution in [3.63, 3.8) is 0 Å². The molecule has 2 rings (SSSR count). The minimum Gasteiger partial charge on any atom is -0.483 e. The van der Waals surface area contributed by atoms with Crippen LogP contribution in [0.2, 0.25) is 0 Å². The van der Waals surface area contributed by atoms with E-state index in [1.54, 1.807) is 31.2 Å². The summed E-state index contributed by atoms with van der Waals surface area (Å²) in [5.41, 5.74) is -2.40. The minimum absolute atomic E-state index is 0.139. The van der Waals surface area contributed by atoms with Crippen molar-refractivity contribution in [2.75, 3.05) is 6.61 Å². The Morgan fingerprint density at radius 1 is 1.30 bits per heavy atom. The third kappa shape index (κ3) is 5.00. The van der Waals surface area contributed by atoms with Crippen LogP contribution in [-0.2, 0) is 4.79 Å². The van der Waals surface area contributed by atoms with Crippen LogP contribution in [0.5, 0.6) is 5.75 Å². The van der Waals surface area contributed by atoms with Crippen LogP contribution >= 0.6 is 0 Å². The van der Waals surface area contributed by atoms with Gasteiger partial charge in [0.25, 0.3) is 11.6 Å². The molecule has 0 radical (unpaired) electrons. The second-order valence-electron chi connectivity index (χ2n) is 6.73. The van der Waals surface area contributed by atoms with Gasteiger partial charge in [0, 0.05) is 12.1 Å². The molecular formula is C19H25F3N2O3. The standard InChI is InChI=1S/C19H25F3N2O3/c1-3-4-5-6-10-15-12-18(26,19(20,21)22)24(23-15)17(25)13-27-16-11-8-7-9-14(16)2/h7-9,11,26H,3-6,10,12-13H2,1-2H3/t18-/m1/s1. The minimum atomic E-state index is -5.01. The van der Waals surface area contributed by atoms with Gasteiger partial charge in [0.1, 0.15) is 5.75 Å². The number of alkyl halides is 3. The Morgan fingerprint density at radius 2 is 2.00 bits per heavy atom. The Bertz CT molecular complexity index is 691. The van der Waals surface area contributed by atoms with Gasteiger partial charge in [0.15, 0.2) is 6.61 Å². The molecule has 8 heteroatoms. The van der Waals surface area contributed by atoms with E-state index < -0.39 is 30.8 Å². The van der Waals surface area contributed by atoms with E-state index in [1.807, 2.05) is 6.92 Å². The number of benzene rings is 1. The molecule has 0 saturated carbocycles. The maximum Gasteiger partial charge on any atom is 0.438 e. The Labute approximate surface area is 156 Å². The molecule has 1 aromatic rings. The number of unbranched alkanes of at least 4 members (excludes halogenated alkanes) is 3. The molecule has 1 atom stereocenters. The fourth-order valence-electron chi connectivity index (χ4n) is 2.91. The molecule has 150 valence electrons. The summed E-state index contributed by atoms with van der Waals surface area (Å²) in [6.45, 7) is 3.15. The first-order chi connectivity index (χ1) is 12.7. The number of hydrogen-bond donors (Lipinski definition) is 1. The summed E-state index contributed by atoms with van der Waals surface area (Å²) in [7, 11) is 0. The van der Waals surface area contributed by atoms with Gasteiger partial charge in [-0.25, -0.2) is 0 Å². The largest absolute Gasteiger partial charge is 0.483 e. The van der Waals surface area contributed by atoms with Crippen LogP contribution in [0.3, 0.4) is 0 Å². The molecular weight excluding hydrogens is 361 g/mol. The molecule has 1 heterocycles. The highest BCUT2D eigenvalue weighted by Crippen LogP contribution is 2.41. The smallest absolute Gasteiger partial charge is 0.438 e. The quantitative estimate of drug-likeness (QED) is 0.682. The van der Waals surface area contributed by atoms with Crippen LogP contribution in [0.1, 0.15) is 51.0 Å². The molecule has 0 aromatic heterocycles. The van der Waals surface area contributed by atoms with Gasteiger partial charge in [-0.3, -0.25) is 4.79 Å². The van der Waals surface area contributed by atoms with E-state index in [4.69, 9.17) is 4.74 Å². The first-order valence-electron chi connectivity index (χ1n) is 9.06. The van der Waals surface area contributed by atoms with Gasteiger partial charge in [-0.15, -0.1) is 0 Å². The number of hydrazone groups is 1. The van der Waals surface area contributed by atoms with E-state index in [-0.39, 0.29) is 10.7 Å². The van der Waals surface area contributed by atoms with Gasteiger partial charge in [0.05, 0.1) is 0 Å². The van der Waals surface area contributed by atoms with E-state index in [0.717, 1.165) is 24.8 Å². The summed E-state index contributed by atoms with van der Waals surface area (Å²) in [5, 5.41) is 14.1. The lowest BCUT2D eigenvalue weighted by atomic mass is 10.0. The number of aliphatic hydroxyl groups is 1. The van der Waals surface area contributed by atoms with Crippen molar-refractivity contribution in [1.82, 2.24) is 5.01 Å². The highest BCUT2D eigenvalue weighted by molar-refractivity contribution is 5.91. The number of carbonyl (C=O) groups excluding carboxylic acids is 1. The first kappa shape index (κ1) is 21.2. The Hall–Kier alpha value is -2.09. The van der Waals surface area contributed by atoms with Gasteiger partial charge < -0.3 is 9.84 Å². The first-order valence-corrected chi connectivity index (χ1v) is 9.06. The second kappa shape index (κ2) is 8.73. The SMILES string of the molecule is CCCCCCC1=NN(C(=O)COc2ccccc2C)[C@](O)(C(F)(F)F)C1. The van der Waals surface area contributed by atoms with Crippen molar-refractivity contribution < 1.29 is 27.8 Å². The topological polar surface area (TPSA) is 62.1 Å². The van der Waals surface area contributed by atoms with Gasteiger partial charge in [-0.05, 0) is 31.4 Å². The molecule has 0 bridgehead atoms. The fraction of sp³-hybridized carbons (Fsp3) is 0.579. The molecule has 0 saturated heterocycles. The zero-order chi connectivity index (χ0) is 20.1. The van der Waals surface area contributed by atoms with Crippen LogP contribution in [0.15, 0.2) is 29.4 Å². The number of carbonyl (C=O) groups is 1. The number of ether oxygens (including phenoxy) is 1. The van der Waals surface area contributed by atoms with Crippen molar-refractivity contribution in [2.45, 2.75) is 64.3 Å². The fourth-order valence-corrected chi connectivity index (χ4v) is 2.91. The number of nitrogens with zero attached hydrogens (tertiary/aromatic N) is 2. The molecule has 0 spiro atoms. The summed E-state index contributed by atoms with van der Waals surface area (Å²) >= 11 is 0. The third-order valence-corrected chi connectivity index (χ3v) is 4.50. The van der Waals surface area contributed by atoms with Gasteiger partial charge in [0.2, 0.25) is 0 Å². The van der Waals surface area contributed by atoms with Crippen molar-refractivity contribution in [3.05, 3.63) is 29.8 Å². The highest BCUT2D eigenvalue weighted by atomic mass is 19.4. The Balaban J connectivity index is 2.09. The van der Waals surface area contributed by atoms with Crippen LogP contribution in [0, 0.1) is 6.92 Å². The number of rotatable bonds is 8. The van der Waals surface area contributed by atoms with Crippen LogP contribution < -0.4 is 4.74 Å². The molecule has 27 heavy (non-hydrogen) atoms.